The summed E-state index contributed by atoms with van der Waals surface area (Å²) in [6.45, 7) is 2.70. The number of carbonyl (C=O) groups excluding carboxylic acids is 1. The standard InChI is InChI=1S/C20H24N4O2/c25-16-9-7-15(8-10-16)18-6-4-14-24(18)20(26)22-17-5-3-11-21-19(17)23-12-1-2-13-23/h3,5,7-11,18,25H,1-2,4,6,12-14H2,(H,22,26). The van der Waals surface area contributed by atoms with Crippen LogP contribution in [0.5, 0.6) is 5.75 Å². The van der Waals surface area contributed by atoms with Crippen LogP contribution < -0.4 is 10.2 Å². The number of phenols is 1. The Hall–Kier alpha value is -2.76. The maximum absolute atomic E-state index is 13.0. The highest BCUT2D eigenvalue weighted by atomic mass is 16.3. The number of hydrogen-bond donors (Lipinski definition) is 2. The van der Waals surface area contributed by atoms with Crippen molar-refractivity contribution >= 4 is 17.5 Å². The van der Waals surface area contributed by atoms with E-state index in [-0.39, 0.29) is 17.8 Å². The van der Waals surface area contributed by atoms with E-state index in [0.717, 1.165) is 49.5 Å². The number of aromatic hydroxyl groups is 1. The number of aromatic nitrogens is 1. The largest absolute Gasteiger partial charge is 0.508 e. The van der Waals surface area contributed by atoms with Crippen LogP contribution in [0.25, 0.3) is 0 Å². The van der Waals surface area contributed by atoms with Gasteiger partial charge in [0, 0.05) is 25.8 Å². The molecule has 3 heterocycles. The smallest absolute Gasteiger partial charge is 0.322 e. The highest BCUT2D eigenvalue weighted by Gasteiger charge is 2.30. The Bertz CT molecular complexity index is 772. The number of phenolic OH excluding ortho intramolecular Hbond substituents is 1. The Kier molecular flexibility index (Phi) is 4.65. The average molecular weight is 352 g/mol. The van der Waals surface area contributed by atoms with Gasteiger partial charge in [-0.15, -0.1) is 0 Å². The Labute approximate surface area is 153 Å². The summed E-state index contributed by atoms with van der Waals surface area (Å²) in [4.78, 5) is 21.6. The number of amides is 2. The molecule has 0 aliphatic carbocycles. The molecule has 2 aliphatic heterocycles. The van der Waals surface area contributed by atoms with Crippen molar-refractivity contribution in [3.63, 3.8) is 0 Å². The monoisotopic (exact) mass is 352 g/mol. The Balaban J connectivity index is 1.52. The van der Waals surface area contributed by atoms with E-state index in [2.05, 4.69) is 15.2 Å². The Morgan fingerprint density at radius 1 is 1.08 bits per heavy atom. The number of urea groups is 1. The SMILES string of the molecule is O=C(Nc1cccnc1N1CCCC1)N1CCCC1c1ccc(O)cc1. The van der Waals surface area contributed by atoms with E-state index >= 15 is 0 Å². The molecule has 1 aromatic heterocycles. The van der Waals surface area contributed by atoms with Crippen LogP contribution in [0, 0.1) is 0 Å². The molecule has 1 aromatic carbocycles. The number of nitrogens with one attached hydrogen (secondary N) is 1. The third-order valence-corrected chi connectivity index (χ3v) is 5.23. The fourth-order valence-corrected chi connectivity index (χ4v) is 3.92. The fourth-order valence-electron chi connectivity index (χ4n) is 3.92. The number of anilines is 2. The van der Waals surface area contributed by atoms with Gasteiger partial charge in [0.05, 0.1) is 11.7 Å². The minimum Gasteiger partial charge on any atom is -0.508 e. The highest BCUT2D eigenvalue weighted by Crippen LogP contribution is 2.34. The van der Waals surface area contributed by atoms with Gasteiger partial charge in [0.25, 0.3) is 0 Å². The molecule has 2 aromatic rings. The molecule has 1 unspecified atom stereocenters. The van der Waals surface area contributed by atoms with Crippen molar-refractivity contribution < 1.29 is 9.90 Å². The number of rotatable bonds is 3. The molecular weight excluding hydrogens is 328 g/mol. The van der Waals surface area contributed by atoms with Crippen molar-refractivity contribution in [3.05, 3.63) is 48.2 Å². The third kappa shape index (κ3) is 3.31. The van der Waals surface area contributed by atoms with Crippen molar-refractivity contribution in [3.8, 4) is 5.75 Å². The van der Waals surface area contributed by atoms with Crippen LogP contribution in [0.3, 0.4) is 0 Å². The lowest BCUT2D eigenvalue weighted by Crippen LogP contribution is -2.35. The van der Waals surface area contributed by atoms with Crippen molar-refractivity contribution in [2.75, 3.05) is 29.9 Å². The summed E-state index contributed by atoms with van der Waals surface area (Å²) in [5.41, 5.74) is 1.83. The van der Waals surface area contributed by atoms with Crippen molar-refractivity contribution in [2.24, 2.45) is 0 Å². The first kappa shape index (κ1) is 16.7. The second-order valence-electron chi connectivity index (χ2n) is 6.94. The number of nitrogens with zero attached hydrogens (tertiary/aromatic N) is 3. The Morgan fingerprint density at radius 2 is 1.85 bits per heavy atom. The molecule has 0 saturated carbocycles. The minimum absolute atomic E-state index is 0.0440. The molecule has 6 nitrogen and oxygen atoms in total. The lowest BCUT2D eigenvalue weighted by atomic mass is 10.0. The average Bonchev–Trinajstić information content (AvgIpc) is 3.35. The number of hydrogen-bond acceptors (Lipinski definition) is 4. The van der Waals surface area contributed by atoms with Crippen molar-refractivity contribution in [2.45, 2.75) is 31.7 Å². The summed E-state index contributed by atoms with van der Waals surface area (Å²) in [7, 11) is 0. The summed E-state index contributed by atoms with van der Waals surface area (Å²) in [6.07, 6.45) is 6.02. The fraction of sp³-hybridized carbons (Fsp3) is 0.400. The van der Waals surface area contributed by atoms with Crippen LogP contribution in [-0.4, -0.2) is 40.7 Å². The number of benzene rings is 1. The molecule has 0 spiro atoms. The molecule has 2 saturated heterocycles. The van der Waals surface area contributed by atoms with Crippen LogP contribution in [-0.2, 0) is 0 Å². The maximum Gasteiger partial charge on any atom is 0.322 e. The van der Waals surface area contributed by atoms with E-state index in [9.17, 15) is 9.90 Å². The molecule has 6 heteroatoms. The summed E-state index contributed by atoms with van der Waals surface area (Å²) in [5, 5.41) is 12.6. The summed E-state index contributed by atoms with van der Waals surface area (Å²) >= 11 is 0. The molecule has 2 aliphatic rings. The van der Waals surface area contributed by atoms with Gasteiger partial charge in [0.1, 0.15) is 5.75 Å². The quantitative estimate of drug-likeness (QED) is 0.883. The van der Waals surface area contributed by atoms with Gasteiger partial charge >= 0.3 is 6.03 Å². The van der Waals surface area contributed by atoms with Crippen LogP contribution in [0.4, 0.5) is 16.3 Å². The van der Waals surface area contributed by atoms with Gasteiger partial charge in [0.2, 0.25) is 0 Å². The second-order valence-corrected chi connectivity index (χ2v) is 6.94. The highest BCUT2D eigenvalue weighted by molar-refractivity contribution is 5.93. The molecule has 136 valence electrons. The maximum atomic E-state index is 13.0. The van der Waals surface area contributed by atoms with Gasteiger partial charge in [-0.3, -0.25) is 0 Å². The number of likely N-dealkylation sites (tertiary alicyclic amines) is 1. The molecule has 2 fully saturated rings. The molecule has 0 bridgehead atoms. The first-order valence-corrected chi connectivity index (χ1v) is 9.29. The predicted molar refractivity (Wildman–Crippen MR) is 101 cm³/mol. The predicted octanol–water partition coefficient (Wildman–Crippen LogP) is 3.76. The van der Waals surface area contributed by atoms with E-state index in [0.29, 0.717) is 0 Å². The van der Waals surface area contributed by atoms with E-state index in [4.69, 9.17) is 0 Å². The molecule has 26 heavy (non-hydrogen) atoms. The Morgan fingerprint density at radius 3 is 2.62 bits per heavy atom. The molecule has 2 amide bonds. The van der Waals surface area contributed by atoms with Crippen molar-refractivity contribution in [1.29, 1.82) is 0 Å². The van der Waals surface area contributed by atoms with Crippen LogP contribution in [0.15, 0.2) is 42.6 Å². The first-order valence-electron chi connectivity index (χ1n) is 9.29. The van der Waals surface area contributed by atoms with E-state index < -0.39 is 0 Å². The zero-order valence-electron chi connectivity index (χ0n) is 14.8. The van der Waals surface area contributed by atoms with E-state index in [1.54, 1.807) is 18.3 Å². The minimum atomic E-state index is -0.0889. The van der Waals surface area contributed by atoms with Crippen LogP contribution in [0.2, 0.25) is 0 Å². The molecular formula is C20H24N4O2. The third-order valence-electron chi connectivity index (χ3n) is 5.23. The summed E-state index contributed by atoms with van der Waals surface area (Å²) in [5.74, 6) is 1.10. The summed E-state index contributed by atoms with van der Waals surface area (Å²) < 4.78 is 0. The topological polar surface area (TPSA) is 68.7 Å². The van der Waals surface area contributed by atoms with E-state index in [1.807, 2.05) is 29.2 Å². The molecule has 0 radical (unpaired) electrons. The lowest BCUT2D eigenvalue weighted by Gasteiger charge is -2.27. The second kappa shape index (κ2) is 7.23. The lowest BCUT2D eigenvalue weighted by molar-refractivity contribution is 0.207. The van der Waals surface area contributed by atoms with Crippen LogP contribution >= 0.6 is 0 Å². The van der Waals surface area contributed by atoms with E-state index in [1.165, 1.54) is 12.8 Å². The van der Waals surface area contributed by atoms with Gasteiger partial charge < -0.3 is 20.2 Å². The normalized spacial score (nSPS) is 19.8. The van der Waals surface area contributed by atoms with Crippen molar-refractivity contribution in [1.82, 2.24) is 9.88 Å². The van der Waals surface area contributed by atoms with Gasteiger partial charge in [-0.05, 0) is 55.5 Å². The van der Waals surface area contributed by atoms with Gasteiger partial charge in [-0.2, -0.15) is 0 Å². The zero-order chi connectivity index (χ0) is 17.9. The number of carbonyl (C=O) groups is 1. The summed E-state index contributed by atoms with van der Waals surface area (Å²) in [6, 6.07) is 10.9. The van der Waals surface area contributed by atoms with Gasteiger partial charge in [0.15, 0.2) is 5.82 Å². The first-order chi connectivity index (χ1) is 12.7. The molecule has 4 rings (SSSR count). The number of pyridine rings is 1. The van der Waals surface area contributed by atoms with Gasteiger partial charge in [-0.1, -0.05) is 12.1 Å². The van der Waals surface area contributed by atoms with Crippen LogP contribution in [0.1, 0.15) is 37.3 Å². The zero-order valence-corrected chi connectivity index (χ0v) is 14.8. The molecule has 1 atom stereocenters. The van der Waals surface area contributed by atoms with Gasteiger partial charge in [-0.25, -0.2) is 9.78 Å². The molecule has 2 N–H and O–H groups in total.